The van der Waals surface area contributed by atoms with Gasteiger partial charge in [-0.1, -0.05) is 13.5 Å². The van der Waals surface area contributed by atoms with Crippen molar-refractivity contribution in [2.75, 3.05) is 6.61 Å². The highest BCUT2D eigenvalue weighted by Gasteiger charge is 2.31. The van der Waals surface area contributed by atoms with Crippen molar-refractivity contribution < 1.29 is 14.3 Å². The van der Waals surface area contributed by atoms with Gasteiger partial charge in [0.25, 0.3) is 0 Å². The second-order valence-electron chi connectivity index (χ2n) is 4.51. The van der Waals surface area contributed by atoms with Gasteiger partial charge in [0.15, 0.2) is 5.78 Å². The number of aromatic nitrogens is 1. The summed E-state index contributed by atoms with van der Waals surface area (Å²) in [4.78, 5) is 23.5. The third-order valence-electron chi connectivity index (χ3n) is 3.10. The Morgan fingerprint density at radius 3 is 3.11 bits per heavy atom. The average Bonchev–Trinajstić information content (AvgIpc) is 2.89. The van der Waals surface area contributed by atoms with Gasteiger partial charge in [0.1, 0.15) is 0 Å². The van der Waals surface area contributed by atoms with Crippen LogP contribution in [0.3, 0.4) is 0 Å². The van der Waals surface area contributed by atoms with Gasteiger partial charge < -0.3 is 9.30 Å². The van der Waals surface area contributed by atoms with Gasteiger partial charge >= 0.3 is 5.97 Å². The first-order chi connectivity index (χ1) is 8.63. The summed E-state index contributed by atoms with van der Waals surface area (Å²) in [6.07, 6.45) is 3.43. The number of hydrogen-bond donors (Lipinski definition) is 0. The Hall–Kier alpha value is -1.84. The number of esters is 1. The number of nitrogens with zero attached hydrogens (tertiary/aromatic N) is 1. The van der Waals surface area contributed by atoms with Gasteiger partial charge in [0.2, 0.25) is 0 Å². The fourth-order valence-electron chi connectivity index (χ4n) is 2.16. The molecule has 4 nitrogen and oxygen atoms in total. The molecule has 2 heterocycles. The SMILES string of the molecule is C=C(CC1C(=O)Cc2cccn21)C(=O)OCCC. The smallest absolute Gasteiger partial charge is 0.333 e. The third-order valence-corrected chi connectivity index (χ3v) is 3.10. The first kappa shape index (κ1) is 12.6. The standard InChI is InChI=1S/C14H17NO3/c1-3-7-18-14(17)10(2)8-12-13(16)9-11-5-4-6-15(11)12/h4-6,12H,2-3,7-9H2,1H3. The highest BCUT2D eigenvalue weighted by atomic mass is 16.5. The molecular formula is C14H17NO3. The quantitative estimate of drug-likeness (QED) is 0.591. The molecule has 1 aromatic rings. The topological polar surface area (TPSA) is 48.3 Å². The van der Waals surface area contributed by atoms with Crippen molar-refractivity contribution in [1.29, 1.82) is 0 Å². The third kappa shape index (κ3) is 2.37. The molecule has 96 valence electrons. The van der Waals surface area contributed by atoms with E-state index in [0.717, 1.165) is 12.1 Å². The minimum Gasteiger partial charge on any atom is -0.462 e. The summed E-state index contributed by atoms with van der Waals surface area (Å²) in [5.74, 6) is -0.264. The molecule has 1 aliphatic rings. The van der Waals surface area contributed by atoms with E-state index < -0.39 is 5.97 Å². The van der Waals surface area contributed by atoms with Crippen molar-refractivity contribution >= 4 is 11.8 Å². The molecule has 4 heteroatoms. The lowest BCUT2D eigenvalue weighted by atomic mass is 10.0. The molecule has 0 saturated carbocycles. The number of carbonyl (C=O) groups excluding carboxylic acids is 2. The number of Topliss-reactive ketones (excluding diaryl/α,β-unsaturated/α-hetero) is 1. The summed E-state index contributed by atoms with van der Waals surface area (Å²) >= 11 is 0. The zero-order valence-corrected chi connectivity index (χ0v) is 10.5. The average molecular weight is 247 g/mol. The Bertz CT molecular complexity index is 487. The lowest BCUT2D eigenvalue weighted by Gasteiger charge is -2.13. The second kappa shape index (κ2) is 5.21. The lowest BCUT2D eigenvalue weighted by Crippen LogP contribution is -2.16. The van der Waals surface area contributed by atoms with Crippen molar-refractivity contribution in [2.45, 2.75) is 32.2 Å². The van der Waals surface area contributed by atoms with Crippen molar-refractivity contribution in [2.24, 2.45) is 0 Å². The van der Waals surface area contributed by atoms with Gasteiger partial charge in [-0.15, -0.1) is 0 Å². The van der Waals surface area contributed by atoms with E-state index in [1.807, 2.05) is 29.8 Å². The number of ketones is 1. The zero-order chi connectivity index (χ0) is 13.1. The maximum atomic E-state index is 11.9. The Balaban J connectivity index is 2.00. The molecule has 0 N–H and O–H groups in total. The summed E-state index contributed by atoms with van der Waals surface area (Å²) < 4.78 is 6.93. The van der Waals surface area contributed by atoms with Gasteiger partial charge in [0, 0.05) is 30.3 Å². The van der Waals surface area contributed by atoms with Crippen LogP contribution in [0.25, 0.3) is 0 Å². The Kier molecular flexibility index (Phi) is 3.65. The van der Waals surface area contributed by atoms with Crippen LogP contribution >= 0.6 is 0 Å². The molecule has 0 spiro atoms. The molecule has 0 radical (unpaired) electrons. The molecule has 1 aliphatic heterocycles. The molecular weight excluding hydrogens is 230 g/mol. The minimum atomic E-state index is -0.398. The van der Waals surface area contributed by atoms with E-state index in [2.05, 4.69) is 6.58 Å². The van der Waals surface area contributed by atoms with Gasteiger partial charge in [-0.2, -0.15) is 0 Å². The van der Waals surface area contributed by atoms with Crippen LogP contribution in [-0.2, 0) is 20.7 Å². The molecule has 0 bridgehead atoms. The minimum absolute atomic E-state index is 0.134. The van der Waals surface area contributed by atoms with Gasteiger partial charge in [-0.3, -0.25) is 4.79 Å². The molecule has 1 aromatic heterocycles. The maximum Gasteiger partial charge on any atom is 0.333 e. The lowest BCUT2D eigenvalue weighted by molar-refractivity contribution is -0.139. The van der Waals surface area contributed by atoms with Crippen LogP contribution in [0, 0.1) is 0 Å². The summed E-state index contributed by atoms with van der Waals surface area (Å²) in [6.45, 7) is 6.05. The molecule has 0 aliphatic carbocycles. The van der Waals surface area contributed by atoms with Gasteiger partial charge in [-0.05, 0) is 18.6 Å². The van der Waals surface area contributed by atoms with Gasteiger partial charge in [0.05, 0.1) is 12.6 Å². The van der Waals surface area contributed by atoms with E-state index >= 15 is 0 Å². The Morgan fingerprint density at radius 2 is 2.39 bits per heavy atom. The fourth-order valence-corrected chi connectivity index (χ4v) is 2.16. The number of hydrogen-bond acceptors (Lipinski definition) is 3. The normalized spacial score (nSPS) is 17.6. The van der Waals surface area contributed by atoms with Crippen LogP contribution in [0.1, 0.15) is 31.5 Å². The van der Waals surface area contributed by atoms with E-state index in [-0.39, 0.29) is 11.8 Å². The van der Waals surface area contributed by atoms with Crippen LogP contribution in [0.2, 0.25) is 0 Å². The summed E-state index contributed by atoms with van der Waals surface area (Å²) in [6, 6.07) is 3.54. The maximum absolute atomic E-state index is 11.9. The molecule has 0 amide bonds. The Labute approximate surface area is 106 Å². The van der Waals surface area contributed by atoms with E-state index in [4.69, 9.17) is 4.74 Å². The highest BCUT2D eigenvalue weighted by molar-refractivity contribution is 5.92. The van der Waals surface area contributed by atoms with E-state index in [1.165, 1.54) is 0 Å². The highest BCUT2D eigenvalue weighted by Crippen LogP contribution is 2.28. The number of fused-ring (bicyclic) bond motifs is 1. The van der Waals surface area contributed by atoms with Crippen molar-refractivity contribution in [3.63, 3.8) is 0 Å². The monoisotopic (exact) mass is 247 g/mol. The van der Waals surface area contributed by atoms with E-state index in [0.29, 0.717) is 25.0 Å². The summed E-state index contributed by atoms with van der Waals surface area (Å²) in [5.41, 5.74) is 1.36. The summed E-state index contributed by atoms with van der Waals surface area (Å²) in [7, 11) is 0. The van der Waals surface area contributed by atoms with Crippen LogP contribution in [0.4, 0.5) is 0 Å². The second-order valence-corrected chi connectivity index (χ2v) is 4.51. The molecule has 0 saturated heterocycles. The first-order valence-electron chi connectivity index (χ1n) is 6.16. The largest absolute Gasteiger partial charge is 0.462 e. The number of ether oxygens (including phenoxy) is 1. The van der Waals surface area contributed by atoms with Crippen molar-refractivity contribution in [1.82, 2.24) is 4.57 Å². The predicted molar refractivity (Wildman–Crippen MR) is 67.2 cm³/mol. The van der Waals surface area contributed by atoms with E-state index in [9.17, 15) is 9.59 Å². The van der Waals surface area contributed by atoms with Crippen molar-refractivity contribution in [3.05, 3.63) is 36.2 Å². The predicted octanol–water partition coefficient (Wildman–Crippen LogP) is 2.05. The van der Waals surface area contributed by atoms with Crippen LogP contribution in [0.15, 0.2) is 30.5 Å². The zero-order valence-electron chi connectivity index (χ0n) is 10.5. The van der Waals surface area contributed by atoms with E-state index in [1.54, 1.807) is 0 Å². The molecule has 1 unspecified atom stereocenters. The van der Waals surface area contributed by atoms with Crippen LogP contribution in [-0.4, -0.2) is 22.9 Å². The molecule has 1 atom stereocenters. The Morgan fingerprint density at radius 1 is 1.61 bits per heavy atom. The van der Waals surface area contributed by atoms with Gasteiger partial charge in [-0.25, -0.2) is 4.79 Å². The number of carbonyl (C=O) groups is 2. The molecule has 18 heavy (non-hydrogen) atoms. The number of rotatable bonds is 5. The van der Waals surface area contributed by atoms with Crippen LogP contribution in [0.5, 0.6) is 0 Å². The van der Waals surface area contributed by atoms with Crippen LogP contribution < -0.4 is 0 Å². The van der Waals surface area contributed by atoms with Crippen molar-refractivity contribution in [3.8, 4) is 0 Å². The molecule has 0 fully saturated rings. The summed E-state index contributed by atoms with van der Waals surface area (Å²) in [5, 5.41) is 0. The first-order valence-corrected chi connectivity index (χ1v) is 6.16. The fraction of sp³-hybridized carbons (Fsp3) is 0.429. The molecule has 2 rings (SSSR count). The molecule has 0 aromatic carbocycles.